The van der Waals surface area contributed by atoms with Crippen molar-refractivity contribution in [3.63, 3.8) is 0 Å². The largest absolute Gasteiger partial charge is 0.369 e. The molecule has 0 spiro atoms. The SMILES string of the molecule is Cc1ccc(-c2cc3ncc(C)cc3c(NCCCN)n2)cc1. The van der Waals surface area contributed by atoms with Gasteiger partial charge in [0.15, 0.2) is 0 Å². The summed E-state index contributed by atoms with van der Waals surface area (Å²) in [6.45, 7) is 5.61. The van der Waals surface area contributed by atoms with Gasteiger partial charge < -0.3 is 11.1 Å². The van der Waals surface area contributed by atoms with E-state index >= 15 is 0 Å². The summed E-state index contributed by atoms with van der Waals surface area (Å²) in [4.78, 5) is 9.39. The third-order valence-corrected chi connectivity index (χ3v) is 3.84. The predicted octanol–water partition coefficient (Wildman–Crippen LogP) is 3.67. The van der Waals surface area contributed by atoms with Crippen molar-refractivity contribution < 1.29 is 0 Å². The van der Waals surface area contributed by atoms with Crippen molar-refractivity contribution in [1.29, 1.82) is 0 Å². The molecule has 0 bridgehead atoms. The zero-order chi connectivity index (χ0) is 16.2. The van der Waals surface area contributed by atoms with E-state index in [4.69, 9.17) is 10.7 Å². The standard InChI is InChI=1S/C19H22N4/c1-13-4-6-15(7-5-13)17-11-18-16(10-14(2)12-22-18)19(23-17)21-9-3-8-20/h4-7,10-12H,3,8-9,20H2,1-2H3,(H,21,23). The average Bonchev–Trinajstić information content (AvgIpc) is 2.56. The van der Waals surface area contributed by atoms with Gasteiger partial charge >= 0.3 is 0 Å². The minimum atomic E-state index is 0.667. The van der Waals surface area contributed by atoms with E-state index in [1.807, 2.05) is 19.2 Å². The molecule has 0 saturated carbocycles. The fourth-order valence-electron chi connectivity index (χ4n) is 2.54. The molecular weight excluding hydrogens is 284 g/mol. The van der Waals surface area contributed by atoms with Crippen LogP contribution in [0.1, 0.15) is 17.5 Å². The van der Waals surface area contributed by atoms with E-state index in [0.717, 1.165) is 46.5 Å². The summed E-state index contributed by atoms with van der Waals surface area (Å²) in [5, 5.41) is 4.46. The molecule has 0 unspecified atom stereocenters. The topological polar surface area (TPSA) is 63.8 Å². The highest BCUT2D eigenvalue weighted by Gasteiger charge is 2.09. The third kappa shape index (κ3) is 3.48. The Hall–Kier alpha value is -2.46. The number of hydrogen-bond donors (Lipinski definition) is 2. The van der Waals surface area contributed by atoms with E-state index in [-0.39, 0.29) is 0 Å². The molecule has 0 saturated heterocycles. The van der Waals surface area contributed by atoms with Crippen molar-refractivity contribution >= 4 is 16.7 Å². The van der Waals surface area contributed by atoms with Crippen molar-refractivity contribution in [3.05, 3.63) is 53.7 Å². The lowest BCUT2D eigenvalue weighted by molar-refractivity contribution is 0.871. The third-order valence-electron chi connectivity index (χ3n) is 3.84. The maximum absolute atomic E-state index is 5.59. The summed E-state index contributed by atoms with van der Waals surface area (Å²) in [5.41, 5.74) is 10.9. The smallest absolute Gasteiger partial charge is 0.136 e. The van der Waals surface area contributed by atoms with Gasteiger partial charge in [0.05, 0.1) is 11.2 Å². The fraction of sp³-hybridized carbons (Fsp3) is 0.263. The van der Waals surface area contributed by atoms with Gasteiger partial charge in [0.1, 0.15) is 5.82 Å². The van der Waals surface area contributed by atoms with Crippen molar-refractivity contribution in [2.45, 2.75) is 20.3 Å². The van der Waals surface area contributed by atoms with Crippen molar-refractivity contribution in [2.24, 2.45) is 5.73 Å². The van der Waals surface area contributed by atoms with Crippen LogP contribution in [0.2, 0.25) is 0 Å². The number of nitrogens with two attached hydrogens (primary N) is 1. The number of benzene rings is 1. The van der Waals surface area contributed by atoms with E-state index in [2.05, 4.69) is 47.6 Å². The van der Waals surface area contributed by atoms with Crippen LogP contribution in [0.3, 0.4) is 0 Å². The number of nitrogens with zero attached hydrogens (tertiary/aromatic N) is 2. The number of aromatic nitrogens is 2. The minimum absolute atomic E-state index is 0.667. The highest BCUT2D eigenvalue weighted by atomic mass is 15.0. The van der Waals surface area contributed by atoms with E-state index in [0.29, 0.717) is 6.54 Å². The molecule has 4 nitrogen and oxygen atoms in total. The van der Waals surface area contributed by atoms with Crippen LogP contribution in [-0.4, -0.2) is 23.1 Å². The van der Waals surface area contributed by atoms with Gasteiger partial charge in [-0.25, -0.2) is 4.98 Å². The maximum atomic E-state index is 5.59. The molecule has 0 atom stereocenters. The van der Waals surface area contributed by atoms with Gasteiger partial charge in [-0.3, -0.25) is 4.98 Å². The van der Waals surface area contributed by atoms with Crippen LogP contribution in [0.5, 0.6) is 0 Å². The van der Waals surface area contributed by atoms with Crippen LogP contribution in [0.15, 0.2) is 42.6 Å². The molecule has 0 fully saturated rings. The Labute approximate surface area is 136 Å². The first-order valence-electron chi connectivity index (χ1n) is 7.96. The van der Waals surface area contributed by atoms with Crippen molar-refractivity contribution in [1.82, 2.24) is 9.97 Å². The highest BCUT2D eigenvalue weighted by molar-refractivity contribution is 5.92. The Balaban J connectivity index is 2.08. The van der Waals surface area contributed by atoms with Crippen LogP contribution in [0.25, 0.3) is 22.2 Å². The molecule has 3 rings (SSSR count). The Bertz CT molecular complexity index is 809. The Kier molecular flexibility index (Phi) is 4.53. The Morgan fingerprint density at radius 1 is 1.04 bits per heavy atom. The minimum Gasteiger partial charge on any atom is -0.369 e. The molecule has 2 heterocycles. The quantitative estimate of drug-likeness (QED) is 0.706. The van der Waals surface area contributed by atoms with E-state index in [9.17, 15) is 0 Å². The molecule has 3 aromatic rings. The normalized spacial score (nSPS) is 10.9. The van der Waals surface area contributed by atoms with Gasteiger partial charge in [0, 0.05) is 23.7 Å². The second kappa shape index (κ2) is 6.75. The number of aryl methyl sites for hydroxylation is 2. The summed E-state index contributed by atoms with van der Waals surface area (Å²) < 4.78 is 0. The number of fused-ring (bicyclic) bond motifs is 1. The summed E-state index contributed by atoms with van der Waals surface area (Å²) >= 11 is 0. The molecule has 0 aliphatic carbocycles. The lowest BCUT2D eigenvalue weighted by atomic mass is 10.1. The van der Waals surface area contributed by atoms with E-state index in [1.165, 1.54) is 5.56 Å². The molecular formula is C19H22N4. The molecule has 0 aliphatic rings. The first kappa shape index (κ1) is 15.4. The second-order valence-corrected chi connectivity index (χ2v) is 5.87. The number of nitrogens with one attached hydrogen (secondary N) is 1. The Morgan fingerprint density at radius 2 is 1.83 bits per heavy atom. The highest BCUT2D eigenvalue weighted by Crippen LogP contribution is 2.27. The number of hydrogen-bond acceptors (Lipinski definition) is 4. The number of pyridine rings is 2. The van der Waals surface area contributed by atoms with Crippen LogP contribution in [0, 0.1) is 13.8 Å². The molecule has 0 radical (unpaired) electrons. The molecule has 118 valence electrons. The molecule has 0 aliphatic heterocycles. The fourth-order valence-corrected chi connectivity index (χ4v) is 2.54. The lowest BCUT2D eigenvalue weighted by Gasteiger charge is -2.12. The van der Waals surface area contributed by atoms with Gasteiger partial charge in [0.2, 0.25) is 0 Å². The van der Waals surface area contributed by atoms with Crippen LogP contribution >= 0.6 is 0 Å². The molecule has 4 heteroatoms. The second-order valence-electron chi connectivity index (χ2n) is 5.87. The van der Waals surface area contributed by atoms with Crippen molar-refractivity contribution in [2.75, 3.05) is 18.4 Å². The number of rotatable bonds is 5. The zero-order valence-electron chi connectivity index (χ0n) is 13.6. The first-order chi connectivity index (χ1) is 11.2. The summed E-state index contributed by atoms with van der Waals surface area (Å²) in [6.07, 6.45) is 2.81. The molecule has 3 N–H and O–H groups in total. The van der Waals surface area contributed by atoms with Crippen LogP contribution in [-0.2, 0) is 0 Å². The van der Waals surface area contributed by atoms with E-state index in [1.54, 1.807) is 0 Å². The summed E-state index contributed by atoms with van der Waals surface area (Å²) in [6, 6.07) is 12.6. The molecule has 23 heavy (non-hydrogen) atoms. The molecule has 1 aromatic carbocycles. The van der Waals surface area contributed by atoms with Gasteiger partial charge in [-0.15, -0.1) is 0 Å². The van der Waals surface area contributed by atoms with Gasteiger partial charge in [0.25, 0.3) is 0 Å². The zero-order valence-corrected chi connectivity index (χ0v) is 13.6. The van der Waals surface area contributed by atoms with E-state index < -0.39 is 0 Å². The first-order valence-corrected chi connectivity index (χ1v) is 7.96. The number of anilines is 1. The summed E-state index contributed by atoms with van der Waals surface area (Å²) in [7, 11) is 0. The molecule has 0 amide bonds. The van der Waals surface area contributed by atoms with Gasteiger partial charge in [-0.1, -0.05) is 29.8 Å². The molecule has 2 aromatic heterocycles. The Morgan fingerprint density at radius 3 is 2.57 bits per heavy atom. The summed E-state index contributed by atoms with van der Waals surface area (Å²) in [5.74, 6) is 0.878. The predicted molar refractivity (Wildman–Crippen MR) is 96.6 cm³/mol. The van der Waals surface area contributed by atoms with Crippen LogP contribution < -0.4 is 11.1 Å². The van der Waals surface area contributed by atoms with Gasteiger partial charge in [-0.2, -0.15) is 0 Å². The monoisotopic (exact) mass is 306 g/mol. The van der Waals surface area contributed by atoms with Gasteiger partial charge in [-0.05, 0) is 44.5 Å². The lowest BCUT2D eigenvalue weighted by Crippen LogP contribution is -2.10. The van der Waals surface area contributed by atoms with Crippen molar-refractivity contribution in [3.8, 4) is 11.3 Å². The van der Waals surface area contributed by atoms with Crippen LogP contribution in [0.4, 0.5) is 5.82 Å². The maximum Gasteiger partial charge on any atom is 0.136 e. The average molecular weight is 306 g/mol.